The second-order valence-electron chi connectivity index (χ2n) is 5.48. The summed E-state index contributed by atoms with van der Waals surface area (Å²) in [5.41, 5.74) is 1.63. The van der Waals surface area contributed by atoms with E-state index >= 15 is 0 Å². The van der Waals surface area contributed by atoms with Crippen molar-refractivity contribution in [2.24, 2.45) is 0 Å². The van der Waals surface area contributed by atoms with Gasteiger partial charge in [-0.15, -0.1) is 0 Å². The summed E-state index contributed by atoms with van der Waals surface area (Å²) in [6, 6.07) is 15.8. The first-order valence-corrected chi connectivity index (χ1v) is 8.48. The molecule has 0 bridgehead atoms. The molecule has 0 radical (unpaired) electrons. The van der Waals surface area contributed by atoms with Crippen molar-refractivity contribution in [3.8, 4) is 28.5 Å². The summed E-state index contributed by atoms with van der Waals surface area (Å²) < 4.78 is 1.10. The maximum absolute atomic E-state index is 12.6. The number of aliphatic hydroxyl groups is 1. The summed E-state index contributed by atoms with van der Waals surface area (Å²) in [6.07, 6.45) is 0. The minimum absolute atomic E-state index is 0.00496. The van der Waals surface area contributed by atoms with Crippen LogP contribution in [0.5, 0.6) is 0 Å². The molecule has 26 heavy (non-hydrogen) atoms. The lowest BCUT2D eigenvalue weighted by molar-refractivity contribution is 0.266. The fourth-order valence-electron chi connectivity index (χ4n) is 2.63. The molecule has 0 atom stereocenters. The zero-order chi connectivity index (χ0) is 18.7. The highest BCUT2D eigenvalue weighted by atomic mass is 35.5. The quantitative estimate of drug-likeness (QED) is 0.741. The van der Waals surface area contributed by atoms with Crippen LogP contribution in [0, 0.1) is 11.3 Å². The second kappa shape index (κ2) is 7.71. The van der Waals surface area contributed by atoms with Crippen molar-refractivity contribution in [2.45, 2.75) is 6.54 Å². The number of nitrogens with zero attached hydrogens (tertiary/aromatic N) is 3. The van der Waals surface area contributed by atoms with Crippen molar-refractivity contribution < 1.29 is 5.11 Å². The largest absolute Gasteiger partial charge is 0.394 e. The number of aromatic nitrogens is 2. The molecular weight excluding hydrogens is 373 g/mol. The zero-order valence-electron chi connectivity index (χ0n) is 13.5. The molecule has 0 aliphatic carbocycles. The van der Waals surface area contributed by atoms with Gasteiger partial charge in [0.25, 0.3) is 5.56 Å². The predicted molar refractivity (Wildman–Crippen MR) is 101 cm³/mol. The van der Waals surface area contributed by atoms with E-state index in [2.05, 4.69) is 5.10 Å². The van der Waals surface area contributed by atoms with Gasteiger partial charge in [0.1, 0.15) is 17.3 Å². The number of rotatable bonds is 4. The number of hydrogen-bond donors (Lipinski definition) is 1. The topological polar surface area (TPSA) is 78.9 Å². The first-order chi connectivity index (χ1) is 12.5. The molecule has 3 aromatic rings. The molecule has 0 aliphatic heterocycles. The molecule has 1 N–H and O–H groups in total. The molecule has 0 unspecified atom stereocenters. The van der Waals surface area contributed by atoms with Crippen molar-refractivity contribution >= 4 is 23.2 Å². The SMILES string of the molecule is N#Cc1c(-c2ccc(Cl)cc2)c(-c2ccc(Cl)cc2)nn(CCO)c1=O. The standard InChI is InChI=1S/C19H13Cl2N3O2/c20-14-5-1-12(2-6-14)17-16(11-22)19(26)24(9-10-25)23-18(17)13-3-7-15(21)8-4-13/h1-8,25H,9-10H2. The van der Waals surface area contributed by atoms with Crippen LogP contribution in [0.1, 0.15) is 5.56 Å². The number of nitriles is 1. The monoisotopic (exact) mass is 385 g/mol. The molecular formula is C19H13Cl2N3O2. The van der Waals surface area contributed by atoms with Gasteiger partial charge in [0.2, 0.25) is 0 Å². The van der Waals surface area contributed by atoms with E-state index in [1.165, 1.54) is 0 Å². The Balaban J connectivity index is 2.37. The van der Waals surface area contributed by atoms with Crippen molar-refractivity contribution in [3.05, 3.63) is 74.5 Å². The Morgan fingerprint density at radius 3 is 2.04 bits per heavy atom. The van der Waals surface area contributed by atoms with Crippen molar-refractivity contribution in [3.63, 3.8) is 0 Å². The molecule has 130 valence electrons. The van der Waals surface area contributed by atoms with Gasteiger partial charge >= 0.3 is 0 Å². The third-order valence-electron chi connectivity index (χ3n) is 3.83. The number of halogens is 2. The highest BCUT2D eigenvalue weighted by molar-refractivity contribution is 6.31. The molecule has 0 amide bonds. The fourth-order valence-corrected chi connectivity index (χ4v) is 2.88. The summed E-state index contributed by atoms with van der Waals surface area (Å²) in [5.74, 6) is 0. The number of hydrogen-bond acceptors (Lipinski definition) is 4. The summed E-state index contributed by atoms with van der Waals surface area (Å²) in [7, 11) is 0. The van der Waals surface area contributed by atoms with Crippen LogP contribution in [0.2, 0.25) is 10.0 Å². The molecule has 0 saturated heterocycles. The highest BCUT2D eigenvalue weighted by Crippen LogP contribution is 2.33. The summed E-state index contributed by atoms with van der Waals surface area (Å²) in [5, 5.41) is 24.3. The normalized spacial score (nSPS) is 10.5. The third-order valence-corrected chi connectivity index (χ3v) is 4.33. The zero-order valence-corrected chi connectivity index (χ0v) is 15.0. The van der Waals surface area contributed by atoms with E-state index in [0.29, 0.717) is 32.4 Å². The Labute approximate surface area is 159 Å². The van der Waals surface area contributed by atoms with E-state index < -0.39 is 5.56 Å². The van der Waals surface area contributed by atoms with E-state index in [1.54, 1.807) is 48.5 Å². The summed E-state index contributed by atoms with van der Waals surface area (Å²) >= 11 is 11.9. The lowest BCUT2D eigenvalue weighted by atomic mass is 9.96. The number of benzene rings is 2. The molecule has 7 heteroatoms. The Hall–Kier alpha value is -2.65. The van der Waals surface area contributed by atoms with Crippen LogP contribution in [-0.4, -0.2) is 21.5 Å². The second-order valence-corrected chi connectivity index (χ2v) is 6.35. The molecule has 2 aromatic carbocycles. The Bertz CT molecular complexity index is 1040. The lowest BCUT2D eigenvalue weighted by Gasteiger charge is -2.14. The molecule has 0 spiro atoms. The van der Waals surface area contributed by atoms with Crippen LogP contribution in [0.25, 0.3) is 22.4 Å². The Morgan fingerprint density at radius 2 is 1.54 bits per heavy atom. The molecule has 5 nitrogen and oxygen atoms in total. The van der Waals surface area contributed by atoms with Gasteiger partial charge in [-0.05, 0) is 29.8 Å². The van der Waals surface area contributed by atoms with Gasteiger partial charge in [0, 0.05) is 21.2 Å². The minimum Gasteiger partial charge on any atom is -0.394 e. The van der Waals surface area contributed by atoms with Gasteiger partial charge in [-0.3, -0.25) is 4.79 Å². The summed E-state index contributed by atoms with van der Waals surface area (Å²) in [6.45, 7) is -0.271. The van der Waals surface area contributed by atoms with Crippen LogP contribution < -0.4 is 5.56 Å². The molecule has 0 fully saturated rings. The van der Waals surface area contributed by atoms with Crippen LogP contribution in [0.3, 0.4) is 0 Å². The van der Waals surface area contributed by atoms with Crippen molar-refractivity contribution in [1.29, 1.82) is 5.26 Å². The maximum atomic E-state index is 12.6. The number of aliphatic hydroxyl groups excluding tert-OH is 1. The molecule has 0 aliphatic rings. The van der Waals surface area contributed by atoms with Crippen LogP contribution in [0.4, 0.5) is 0 Å². The Morgan fingerprint density at radius 1 is 1.00 bits per heavy atom. The van der Waals surface area contributed by atoms with Gasteiger partial charge in [-0.2, -0.15) is 10.4 Å². The lowest BCUT2D eigenvalue weighted by Crippen LogP contribution is -2.28. The van der Waals surface area contributed by atoms with Crippen LogP contribution in [0.15, 0.2) is 53.3 Å². The van der Waals surface area contributed by atoms with E-state index in [9.17, 15) is 15.2 Å². The maximum Gasteiger partial charge on any atom is 0.285 e. The smallest absolute Gasteiger partial charge is 0.285 e. The van der Waals surface area contributed by atoms with E-state index in [4.69, 9.17) is 23.2 Å². The van der Waals surface area contributed by atoms with Gasteiger partial charge in [-0.25, -0.2) is 4.68 Å². The molecule has 1 aromatic heterocycles. The van der Waals surface area contributed by atoms with E-state index in [1.807, 2.05) is 6.07 Å². The third kappa shape index (κ3) is 3.49. The van der Waals surface area contributed by atoms with E-state index in [0.717, 1.165) is 4.68 Å². The van der Waals surface area contributed by atoms with Crippen LogP contribution in [-0.2, 0) is 6.54 Å². The average Bonchev–Trinajstić information content (AvgIpc) is 2.64. The molecule has 3 rings (SSSR count). The average molecular weight is 386 g/mol. The first-order valence-electron chi connectivity index (χ1n) is 7.73. The van der Waals surface area contributed by atoms with Crippen LogP contribution >= 0.6 is 23.2 Å². The van der Waals surface area contributed by atoms with Crippen molar-refractivity contribution in [2.75, 3.05) is 6.61 Å². The highest BCUT2D eigenvalue weighted by Gasteiger charge is 2.20. The predicted octanol–water partition coefficient (Wildman–Crippen LogP) is 3.75. The minimum atomic E-state index is -0.552. The molecule has 0 saturated carbocycles. The van der Waals surface area contributed by atoms with Gasteiger partial charge < -0.3 is 5.11 Å². The van der Waals surface area contributed by atoms with Crippen molar-refractivity contribution in [1.82, 2.24) is 9.78 Å². The first kappa shape index (κ1) is 18.2. The van der Waals surface area contributed by atoms with Gasteiger partial charge in [0.15, 0.2) is 0 Å². The van der Waals surface area contributed by atoms with Gasteiger partial charge in [-0.1, -0.05) is 47.5 Å². The van der Waals surface area contributed by atoms with E-state index in [-0.39, 0.29) is 18.7 Å². The molecule has 1 heterocycles. The Kier molecular flexibility index (Phi) is 5.38. The fraction of sp³-hybridized carbons (Fsp3) is 0.105. The summed E-state index contributed by atoms with van der Waals surface area (Å²) in [4.78, 5) is 12.6. The van der Waals surface area contributed by atoms with Gasteiger partial charge in [0.05, 0.1) is 13.2 Å².